The van der Waals surface area contributed by atoms with E-state index in [4.69, 9.17) is 4.42 Å². The van der Waals surface area contributed by atoms with Crippen molar-refractivity contribution in [3.8, 4) is 27.9 Å². The number of nitrogens with zero attached hydrogens (tertiary/aromatic N) is 2. The van der Waals surface area contributed by atoms with Crippen LogP contribution in [0, 0.1) is 0 Å². The van der Waals surface area contributed by atoms with Crippen LogP contribution in [0.3, 0.4) is 0 Å². The van der Waals surface area contributed by atoms with E-state index in [1.54, 1.807) is 0 Å². The standard InChI is InChI=1S/C54H34N2OS/c1-3-13-35(14-4-1)37-25-29-43-42-17-7-10-20-49(42)56(50(43)31-37)41-32-47(54-48(33-41)44-18-8-11-21-51(44)57-54)36-23-26-39(27-24-36)55(38-15-5-2-6-16-38)40-28-30-46-45-19-9-12-22-52(45)58-53(46)34-40/h1-34H. The Balaban J connectivity index is 1.05. The molecule has 272 valence electrons. The van der Waals surface area contributed by atoms with Gasteiger partial charge in [-0.3, -0.25) is 0 Å². The molecule has 0 N–H and O–H groups in total. The first-order valence-corrected chi connectivity index (χ1v) is 20.5. The lowest BCUT2D eigenvalue weighted by atomic mass is 10.00. The SMILES string of the molecule is c1ccc(-c2ccc3c4ccccc4n(-c4cc(-c5ccc(N(c6ccccc6)c6ccc7c(c6)sc6ccccc67)cc5)c5oc6ccccc6c5c4)c3c2)cc1. The molecule has 0 fully saturated rings. The van der Waals surface area contributed by atoms with E-state index < -0.39 is 0 Å². The van der Waals surface area contributed by atoms with Gasteiger partial charge in [-0.2, -0.15) is 0 Å². The lowest BCUT2D eigenvalue weighted by Crippen LogP contribution is -2.09. The van der Waals surface area contributed by atoms with Gasteiger partial charge in [-0.05, 0) is 89.5 Å². The maximum atomic E-state index is 6.73. The predicted octanol–water partition coefficient (Wildman–Crippen LogP) is 15.9. The minimum Gasteiger partial charge on any atom is -0.455 e. The molecule has 12 aromatic rings. The smallest absolute Gasteiger partial charge is 0.143 e. The normalized spacial score (nSPS) is 11.8. The number of hydrogen-bond acceptors (Lipinski definition) is 3. The molecule has 0 radical (unpaired) electrons. The summed E-state index contributed by atoms with van der Waals surface area (Å²) in [6.07, 6.45) is 0. The Kier molecular flexibility index (Phi) is 7.40. The van der Waals surface area contributed by atoms with Crippen molar-refractivity contribution in [2.75, 3.05) is 4.90 Å². The van der Waals surface area contributed by atoms with Crippen molar-refractivity contribution in [3.05, 3.63) is 206 Å². The van der Waals surface area contributed by atoms with E-state index in [-0.39, 0.29) is 0 Å². The summed E-state index contributed by atoms with van der Waals surface area (Å²) in [5.74, 6) is 0. The van der Waals surface area contributed by atoms with Crippen molar-refractivity contribution >= 4 is 92.3 Å². The van der Waals surface area contributed by atoms with Crippen LogP contribution in [0.2, 0.25) is 0 Å². The number of furan rings is 1. The molecule has 3 aromatic heterocycles. The van der Waals surface area contributed by atoms with Gasteiger partial charge in [0.15, 0.2) is 0 Å². The fraction of sp³-hybridized carbons (Fsp3) is 0. The third kappa shape index (κ3) is 5.19. The van der Waals surface area contributed by atoms with Crippen molar-refractivity contribution in [3.63, 3.8) is 0 Å². The zero-order valence-corrected chi connectivity index (χ0v) is 32.2. The molecule has 0 atom stereocenters. The van der Waals surface area contributed by atoms with E-state index in [0.29, 0.717) is 0 Å². The van der Waals surface area contributed by atoms with Crippen LogP contribution in [0.4, 0.5) is 17.1 Å². The Hall–Kier alpha value is -7.40. The number of para-hydroxylation sites is 3. The maximum absolute atomic E-state index is 6.73. The van der Waals surface area contributed by atoms with Gasteiger partial charge in [-0.25, -0.2) is 0 Å². The van der Waals surface area contributed by atoms with Crippen molar-refractivity contribution in [1.29, 1.82) is 0 Å². The van der Waals surface area contributed by atoms with Crippen LogP contribution in [0.1, 0.15) is 0 Å². The summed E-state index contributed by atoms with van der Waals surface area (Å²) < 4.78 is 11.7. The van der Waals surface area contributed by atoms with Crippen LogP contribution in [-0.4, -0.2) is 4.57 Å². The molecule has 0 saturated carbocycles. The first-order valence-electron chi connectivity index (χ1n) is 19.7. The molecular formula is C54H34N2OS. The molecule has 9 aromatic carbocycles. The number of aromatic nitrogens is 1. The second-order valence-electron chi connectivity index (χ2n) is 14.9. The summed E-state index contributed by atoms with van der Waals surface area (Å²) in [5, 5.41) is 7.27. The molecule has 0 saturated heterocycles. The second-order valence-corrected chi connectivity index (χ2v) is 16.0. The van der Waals surface area contributed by atoms with Gasteiger partial charge in [-0.1, -0.05) is 133 Å². The Morgan fingerprint density at radius 2 is 1.00 bits per heavy atom. The number of anilines is 3. The summed E-state index contributed by atoms with van der Waals surface area (Å²) in [6.45, 7) is 0. The average Bonchev–Trinajstić information content (AvgIpc) is 3.96. The molecule has 58 heavy (non-hydrogen) atoms. The third-order valence-corrected chi connectivity index (χ3v) is 12.7. The van der Waals surface area contributed by atoms with Gasteiger partial charge in [0.25, 0.3) is 0 Å². The maximum Gasteiger partial charge on any atom is 0.143 e. The molecule has 0 aliphatic rings. The quantitative estimate of drug-likeness (QED) is 0.168. The Morgan fingerprint density at radius 3 is 1.84 bits per heavy atom. The Bertz CT molecular complexity index is 3500. The van der Waals surface area contributed by atoms with Gasteiger partial charge < -0.3 is 13.9 Å². The van der Waals surface area contributed by atoms with Gasteiger partial charge in [0.1, 0.15) is 11.2 Å². The van der Waals surface area contributed by atoms with E-state index in [1.807, 2.05) is 17.4 Å². The number of thiophene rings is 1. The van der Waals surface area contributed by atoms with Gasteiger partial charge >= 0.3 is 0 Å². The minimum atomic E-state index is 0.882. The van der Waals surface area contributed by atoms with Crippen molar-refractivity contribution < 1.29 is 4.42 Å². The lowest BCUT2D eigenvalue weighted by molar-refractivity contribution is 0.670. The largest absolute Gasteiger partial charge is 0.455 e. The Morgan fingerprint density at radius 1 is 0.379 bits per heavy atom. The van der Waals surface area contributed by atoms with Crippen LogP contribution >= 0.6 is 11.3 Å². The van der Waals surface area contributed by atoms with Crippen LogP contribution in [0.25, 0.3) is 91.9 Å². The second kappa shape index (κ2) is 13.1. The first-order chi connectivity index (χ1) is 28.7. The van der Waals surface area contributed by atoms with E-state index >= 15 is 0 Å². The van der Waals surface area contributed by atoms with E-state index in [0.717, 1.165) is 55.8 Å². The van der Waals surface area contributed by atoms with E-state index in [1.165, 1.54) is 53.1 Å². The van der Waals surface area contributed by atoms with Crippen molar-refractivity contribution in [1.82, 2.24) is 4.57 Å². The molecule has 0 bridgehead atoms. The van der Waals surface area contributed by atoms with Gasteiger partial charge in [0, 0.05) is 70.0 Å². The lowest BCUT2D eigenvalue weighted by Gasteiger charge is -2.25. The average molecular weight is 759 g/mol. The van der Waals surface area contributed by atoms with Gasteiger partial charge in [0.2, 0.25) is 0 Å². The molecule has 0 spiro atoms. The minimum absolute atomic E-state index is 0.882. The summed E-state index contributed by atoms with van der Waals surface area (Å²) in [4.78, 5) is 2.35. The highest BCUT2D eigenvalue weighted by Crippen LogP contribution is 2.44. The molecule has 12 rings (SSSR count). The van der Waals surface area contributed by atoms with Gasteiger partial charge in [0.05, 0.1) is 11.0 Å². The Labute approximate surface area is 338 Å². The summed E-state index contributed by atoms with van der Waals surface area (Å²) >= 11 is 1.85. The number of rotatable bonds is 6. The van der Waals surface area contributed by atoms with Crippen LogP contribution in [-0.2, 0) is 0 Å². The molecule has 3 heterocycles. The van der Waals surface area contributed by atoms with E-state index in [2.05, 4.69) is 210 Å². The zero-order valence-electron chi connectivity index (χ0n) is 31.3. The number of hydrogen-bond donors (Lipinski definition) is 0. The molecule has 0 amide bonds. The zero-order chi connectivity index (χ0) is 38.2. The molecule has 0 aliphatic carbocycles. The molecular weight excluding hydrogens is 725 g/mol. The molecule has 0 aliphatic heterocycles. The van der Waals surface area contributed by atoms with Gasteiger partial charge in [-0.15, -0.1) is 11.3 Å². The van der Waals surface area contributed by atoms with Crippen molar-refractivity contribution in [2.24, 2.45) is 0 Å². The number of benzene rings is 9. The topological polar surface area (TPSA) is 21.3 Å². The fourth-order valence-electron chi connectivity index (χ4n) is 8.88. The summed E-state index contributed by atoms with van der Waals surface area (Å²) in [6, 6.07) is 74.4. The number of fused-ring (bicyclic) bond motifs is 9. The summed E-state index contributed by atoms with van der Waals surface area (Å²) in [5.41, 5.74) is 13.1. The van der Waals surface area contributed by atoms with Crippen LogP contribution in [0.5, 0.6) is 0 Å². The highest BCUT2D eigenvalue weighted by Gasteiger charge is 2.20. The van der Waals surface area contributed by atoms with Crippen LogP contribution in [0.15, 0.2) is 211 Å². The molecule has 0 unspecified atom stereocenters. The first kappa shape index (κ1) is 32.8. The molecule has 3 nitrogen and oxygen atoms in total. The fourth-order valence-corrected chi connectivity index (χ4v) is 10.0. The molecule has 4 heteroatoms. The van der Waals surface area contributed by atoms with Crippen LogP contribution < -0.4 is 4.90 Å². The predicted molar refractivity (Wildman–Crippen MR) is 247 cm³/mol. The monoisotopic (exact) mass is 758 g/mol. The summed E-state index contributed by atoms with van der Waals surface area (Å²) in [7, 11) is 0. The highest BCUT2D eigenvalue weighted by molar-refractivity contribution is 7.25. The van der Waals surface area contributed by atoms with Crippen molar-refractivity contribution in [2.45, 2.75) is 0 Å². The highest BCUT2D eigenvalue weighted by atomic mass is 32.1. The third-order valence-electron chi connectivity index (χ3n) is 11.6. The van der Waals surface area contributed by atoms with E-state index in [9.17, 15) is 0 Å².